The summed E-state index contributed by atoms with van der Waals surface area (Å²) in [4.78, 5) is 31.9. The van der Waals surface area contributed by atoms with Crippen LogP contribution in [0.4, 0.5) is 11.4 Å². The molecule has 0 aliphatic rings. The van der Waals surface area contributed by atoms with Crippen molar-refractivity contribution < 1.29 is 19.1 Å². The normalized spacial score (nSPS) is 11.3. The third-order valence-corrected chi connectivity index (χ3v) is 7.06. The number of ether oxygens (including phenoxy) is 2. The second-order valence-electron chi connectivity index (χ2n) is 10.1. The van der Waals surface area contributed by atoms with Crippen molar-refractivity contribution in [1.29, 1.82) is 0 Å². The fraction of sp³-hybridized carbons (Fsp3) is 0.235. The smallest absolute Gasteiger partial charge is 0.251 e. The second kappa shape index (κ2) is 13.5. The number of hydrogen-bond acceptors (Lipinski definition) is 5. The van der Waals surface area contributed by atoms with Crippen LogP contribution >= 0.6 is 0 Å². The summed E-state index contributed by atoms with van der Waals surface area (Å²) in [6.45, 7) is 2.26. The molecule has 4 aromatic carbocycles. The minimum atomic E-state index is -0.945. The molecule has 2 amide bonds. The number of aryl methyl sites for hydroxylation is 1. The van der Waals surface area contributed by atoms with Crippen LogP contribution < -0.4 is 19.7 Å². The minimum absolute atomic E-state index is 0.154. The molecule has 0 fully saturated rings. The molecule has 212 valence electrons. The molecule has 0 aromatic heterocycles. The van der Waals surface area contributed by atoms with E-state index in [1.807, 2.05) is 105 Å². The van der Waals surface area contributed by atoms with Crippen molar-refractivity contribution in [2.45, 2.75) is 25.9 Å². The minimum Gasteiger partial charge on any atom is -0.493 e. The van der Waals surface area contributed by atoms with Gasteiger partial charge in [-0.15, -0.1) is 0 Å². The van der Waals surface area contributed by atoms with E-state index in [1.165, 1.54) is 0 Å². The third-order valence-electron chi connectivity index (χ3n) is 7.06. The maximum Gasteiger partial charge on any atom is 0.251 e. The molecule has 4 rings (SSSR count). The van der Waals surface area contributed by atoms with Crippen LogP contribution in [0.1, 0.15) is 28.3 Å². The number of nitrogens with zero attached hydrogens (tertiary/aromatic N) is 2. The van der Waals surface area contributed by atoms with Gasteiger partial charge in [-0.05, 0) is 65.6 Å². The quantitative estimate of drug-likeness (QED) is 0.247. The average Bonchev–Trinajstić information content (AvgIpc) is 2.98. The first-order chi connectivity index (χ1) is 19.8. The Morgan fingerprint density at radius 2 is 1.46 bits per heavy atom. The van der Waals surface area contributed by atoms with Crippen molar-refractivity contribution in [2.75, 3.05) is 38.5 Å². The van der Waals surface area contributed by atoms with Gasteiger partial charge in [0.1, 0.15) is 6.04 Å². The summed E-state index contributed by atoms with van der Waals surface area (Å²) in [6.07, 6.45) is 0.154. The highest BCUT2D eigenvalue weighted by atomic mass is 16.5. The molecule has 1 atom stereocenters. The number of carbonyl (C=O) groups is 2. The van der Waals surface area contributed by atoms with E-state index < -0.39 is 6.04 Å². The van der Waals surface area contributed by atoms with Gasteiger partial charge in [0.2, 0.25) is 5.91 Å². The lowest BCUT2D eigenvalue weighted by Crippen LogP contribution is -2.41. The maximum absolute atomic E-state index is 14.2. The van der Waals surface area contributed by atoms with E-state index in [0.717, 1.165) is 22.4 Å². The molecule has 1 unspecified atom stereocenters. The van der Waals surface area contributed by atoms with Crippen LogP contribution in [0.3, 0.4) is 0 Å². The molecule has 1 N–H and O–H groups in total. The first kappa shape index (κ1) is 29.2. The predicted octanol–water partition coefficient (Wildman–Crippen LogP) is 6.03. The lowest BCUT2D eigenvalue weighted by molar-refractivity contribution is -0.139. The third kappa shape index (κ3) is 7.25. The maximum atomic E-state index is 14.2. The summed E-state index contributed by atoms with van der Waals surface area (Å²) < 4.78 is 11.0. The molecule has 41 heavy (non-hydrogen) atoms. The van der Waals surface area contributed by atoms with E-state index in [1.54, 1.807) is 37.3 Å². The van der Waals surface area contributed by atoms with Gasteiger partial charge < -0.3 is 24.6 Å². The number of hydrogen-bond donors (Lipinski definition) is 1. The van der Waals surface area contributed by atoms with Gasteiger partial charge in [-0.2, -0.15) is 0 Å². The Morgan fingerprint density at radius 3 is 2.10 bits per heavy atom. The van der Waals surface area contributed by atoms with Gasteiger partial charge in [-0.25, -0.2) is 0 Å². The zero-order valence-corrected chi connectivity index (χ0v) is 24.3. The van der Waals surface area contributed by atoms with Gasteiger partial charge in [0, 0.05) is 32.0 Å². The van der Waals surface area contributed by atoms with Crippen LogP contribution in [0.5, 0.6) is 11.5 Å². The fourth-order valence-electron chi connectivity index (χ4n) is 4.72. The molecular weight excluding hydrogens is 514 g/mol. The number of benzene rings is 4. The Kier molecular flexibility index (Phi) is 9.64. The second-order valence-corrected chi connectivity index (χ2v) is 10.1. The van der Waals surface area contributed by atoms with E-state index in [4.69, 9.17) is 9.47 Å². The Balaban J connectivity index is 1.79. The van der Waals surface area contributed by atoms with Crippen molar-refractivity contribution in [2.24, 2.45) is 0 Å². The first-order valence-electron chi connectivity index (χ1n) is 13.5. The molecule has 7 heteroatoms. The highest BCUT2D eigenvalue weighted by molar-refractivity contribution is 5.98. The summed E-state index contributed by atoms with van der Waals surface area (Å²) >= 11 is 0. The lowest BCUT2D eigenvalue weighted by atomic mass is 9.99. The lowest BCUT2D eigenvalue weighted by Gasteiger charge is -2.32. The van der Waals surface area contributed by atoms with E-state index in [9.17, 15) is 9.59 Å². The Morgan fingerprint density at radius 1 is 0.805 bits per heavy atom. The van der Waals surface area contributed by atoms with E-state index >= 15 is 0 Å². The summed E-state index contributed by atoms with van der Waals surface area (Å²) in [6, 6.07) is 29.4. The van der Waals surface area contributed by atoms with E-state index in [-0.39, 0.29) is 24.8 Å². The average molecular weight is 552 g/mol. The van der Waals surface area contributed by atoms with Gasteiger partial charge in [0.05, 0.1) is 20.6 Å². The molecule has 0 spiro atoms. The molecule has 0 saturated heterocycles. The number of amides is 2. The molecule has 0 aliphatic carbocycles. The SMILES string of the molecule is COc1ccc(C(C(=O)Nc2ccc(N(C)C)cc2)N(Cc2ccccc2C)C(=O)Cc2ccccc2)cc1OC. The van der Waals surface area contributed by atoms with Crippen LogP contribution in [0.2, 0.25) is 0 Å². The molecule has 0 aliphatic heterocycles. The van der Waals surface area contributed by atoms with Crippen LogP contribution in [-0.2, 0) is 22.6 Å². The summed E-state index contributed by atoms with van der Waals surface area (Å²) in [5, 5.41) is 3.05. The van der Waals surface area contributed by atoms with Crippen LogP contribution in [-0.4, -0.2) is 45.0 Å². The summed E-state index contributed by atoms with van der Waals surface area (Å²) in [5.74, 6) is 0.516. The first-order valence-corrected chi connectivity index (χ1v) is 13.5. The van der Waals surface area contributed by atoms with Crippen molar-refractivity contribution >= 4 is 23.2 Å². The van der Waals surface area contributed by atoms with Crippen molar-refractivity contribution in [3.05, 3.63) is 119 Å². The molecule has 7 nitrogen and oxygen atoms in total. The molecule has 0 saturated carbocycles. The molecule has 4 aromatic rings. The van der Waals surface area contributed by atoms with Crippen LogP contribution in [0.25, 0.3) is 0 Å². The number of rotatable bonds is 11. The van der Waals surface area contributed by atoms with Gasteiger partial charge in [-0.3, -0.25) is 9.59 Å². The molecule has 0 radical (unpaired) electrons. The standard InChI is InChI=1S/C34H37N3O4/c1-24-11-9-10-14-27(24)23-37(32(38)21-25-12-7-6-8-13-25)33(26-15-20-30(40-4)31(22-26)41-5)34(39)35-28-16-18-29(19-17-28)36(2)3/h6-20,22,33H,21,23H2,1-5H3,(H,35,39). The zero-order chi connectivity index (χ0) is 29.4. The molecule has 0 bridgehead atoms. The number of carbonyl (C=O) groups excluding carboxylic acids is 2. The predicted molar refractivity (Wildman–Crippen MR) is 164 cm³/mol. The van der Waals surface area contributed by atoms with Gasteiger partial charge in [0.25, 0.3) is 5.91 Å². The largest absolute Gasteiger partial charge is 0.493 e. The Hall–Kier alpha value is -4.78. The van der Waals surface area contributed by atoms with E-state index in [0.29, 0.717) is 22.7 Å². The zero-order valence-electron chi connectivity index (χ0n) is 24.3. The highest BCUT2D eigenvalue weighted by Gasteiger charge is 2.33. The highest BCUT2D eigenvalue weighted by Crippen LogP contribution is 2.34. The van der Waals surface area contributed by atoms with Gasteiger partial charge in [-0.1, -0.05) is 60.7 Å². The Bertz CT molecular complexity index is 1470. The number of anilines is 2. The summed E-state index contributed by atoms with van der Waals surface area (Å²) in [7, 11) is 7.03. The monoisotopic (exact) mass is 551 g/mol. The Labute approximate surface area is 242 Å². The van der Waals surface area contributed by atoms with Gasteiger partial charge in [0.15, 0.2) is 11.5 Å². The van der Waals surface area contributed by atoms with Gasteiger partial charge >= 0.3 is 0 Å². The summed E-state index contributed by atoms with van der Waals surface area (Å²) in [5.41, 5.74) is 5.13. The fourth-order valence-corrected chi connectivity index (χ4v) is 4.72. The molecular formula is C34H37N3O4. The van der Waals surface area contributed by atoms with E-state index in [2.05, 4.69) is 5.32 Å². The number of nitrogens with one attached hydrogen (secondary N) is 1. The van der Waals surface area contributed by atoms with Crippen molar-refractivity contribution in [3.8, 4) is 11.5 Å². The number of methoxy groups -OCH3 is 2. The van der Waals surface area contributed by atoms with Crippen molar-refractivity contribution in [1.82, 2.24) is 4.90 Å². The van der Waals surface area contributed by atoms with Crippen molar-refractivity contribution in [3.63, 3.8) is 0 Å². The topological polar surface area (TPSA) is 71.1 Å². The van der Waals surface area contributed by atoms with Crippen LogP contribution in [0.15, 0.2) is 97.1 Å². The molecule has 0 heterocycles. The van der Waals surface area contributed by atoms with Crippen LogP contribution in [0, 0.1) is 6.92 Å².